The van der Waals surface area contributed by atoms with Crippen molar-refractivity contribution in [1.82, 2.24) is 10.6 Å². The van der Waals surface area contributed by atoms with E-state index in [-0.39, 0.29) is 24.8 Å². The molecule has 2 rings (SSSR count). The number of aliphatic hydroxyl groups excluding tert-OH is 1. The number of nitrogens with one attached hydrogen (secondary N) is 2. The quantitative estimate of drug-likeness (QED) is 0.438. The molecule has 0 saturated heterocycles. The molecule has 0 bridgehead atoms. The van der Waals surface area contributed by atoms with Crippen LogP contribution in [-0.4, -0.2) is 43.5 Å². The van der Waals surface area contributed by atoms with Gasteiger partial charge in [0.05, 0.1) is 13.2 Å². The number of aliphatic imine (C=N–C) groups is 1. The highest BCUT2D eigenvalue weighted by molar-refractivity contribution is 5.79. The standard InChI is InChI=1S/C21H26F3N3O2/c1-2-25-20(27-13-18(14-28)16-8-4-3-5-9-16)26-12-17-10-6-7-11-19(17)29-15-21(22,23)24/h3-11,18,28H,2,12-15H2,1H3,(H2,25,26,27). The molecule has 0 heterocycles. The third kappa shape index (κ3) is 8.03. The van der Waals surface area contributed by atoms with Gasteiger partial charge in [0.1, 0.15) is 5.75 Å². The van der Waals surface area contributed by atoms with Gasteiger partial charge in [-0.15, -0.1) is 0 Å². The fourth-order valence-electron chi connectivity index (χ4n) is 2.67. The zero-order valence-corrected chi connectivity index (χ0v) is 16.2. The van der Waals surface area contributed by atoms with Crippen molar-refractivity contribution >= 4 is 5.96 Å². The number of aliphatic hydroxyl groups is 1. The van der Waals surface area contributed by atoms with Crippen molar-refractivity contribution in [3.8, 4) is 5.75 Å². The molecule has 5 nitrogen and oxygen atoms in total. The van der Waals surface area contributed by atoms with Crippen molar-refractivity contribution in [2.45, 2.75) is 25.6 Å². The average Bonchev–Trinajstić information content (AvgIpc) is 2.71. The molecule has 1 unspecified atom stereocenters. The Bertz CT molecular complexity index is 767. The first-order valence-corrected chi connectivity index (χ1v) is 9.38. The normalized spacial score (nSPS) is 13.1. The van der Waals surface area contributed by atoms with Crippen molar-refractivity contribution in [1.29, 1.82) is 0 Å². The highest BCUT2D eigenvalue weighted by Gasteiger charge is 2.28. The maximum absolute atomic E-state index is 12.4. The minimum Gasteiger partial charge on any atom is -0.484 e. The minimum absolute atomic E-state index is 0.0233. The summed E-state index contributed by atoms with van der Waals surface area (Å²) in [5, 5.41) is 16.0. The van der Waals surface area contributed by atoms with E-state index < -0.39 is 12.8 Å². The zero-order valence-electron chi connectivity index (χ0n) is 16.2. The third-order valence-corrected chi connectivity index (χ3v) is 4.12. The molecule has 0 amide bonds. The van der Waals surface area contributed by atoms with Crippen molar-refractivity contribution in [2.24, 2.45) is 4.99 Å². The summed E-state index contributed by atoms with van der Waals surface area (Å²) < 4.78 is 42.2. The van der Waals surface area contributed by atoms with Crippen LogP contribution in [0.5, 0.6) is 5.75 Å². The number of alkyl halides is 3. The number of nitrogens with zero attached hydrogens (tertiary/aromatic N) is 1. The Hall–Kier alpha value is -2.74. The van der Waals surface area contributed by atoms with Crippen LogP contribution in [0.4, 0.5) is 13.2 Å². The van der Waals surface area contributed by atoms with Crippen molar-refractivity contribution in [2.75, 3.05) is 26.3 Å². The third-order valence-electron chi connectivity index (χ3n) is 4.12. The Morgan fingerprint density at radius 3 is 2.41 bits per heavy atom. The van der Waals surface area contributed by atoms with Gasteiger partial charge in [-0.2, -0.15) is 13.2 Å². The predicted octanol–water partition coefficient (Wildman–Crippen LogP) is 3.46. The second-order valence-electron chi connectivity index (χ2n) is 6.38. The van der Waals surface area contributed by atoms with Gasteiger partial charge in [-0.25, -0.2) is 4.99 Å². The molecule has 0 saturated carbocycles. The van der Waals surface area contributed by atoms with Crippen molar-refractivity contribution in [3.05, 3.63) is 65.7 Å². The van der Waals surface area contributed by atoms with Gasteiger partial charge in [0.2, 0.25) is 0 Å². The molecule has 1 atom stereocenters. The lowest BCUT2D eigenvalue weighted by molar-refractivity contribution is -0.153. The first-order chi connectivity index (χ1) is 13.9. The highest BCUT2D eigenvalue weighted by Crippen LogP contribution is 2.22. The van der Waals surface area contributed by atoms with E-state index in [1.807, 2.05) is 37.3 Å². The summed E-state index contributed by atoms with van der Waals surface area (Å²) >= 11 is 0. The molecular weight excluding hydrogens is 383 g/mol. The summed E-state index contributed by atoms with van der Waals surface area (Å²) in [5.41, 5.74) is 1.56. The van der Waals surface area contributed by atoms with E-state index in [4.69, 9.17) is 4.74 Å². The summed E-state index contributed by atoms with van der Waals surface area (Å²) in [6.07, 6.45) is -4.40. The van der Waals surface area contributed by atoms with Crippen LogP contribution in [0.15, 0.2) is 59.6 Å². The average molecular weight is 409 g/mol. The maximum Gasteiger partial charge on any atom is 0.422 e. The van der Waals surface area contributed by atoms with Crippen LogP contribution in [0.1, 0.15) is 24.0 Å². The molecule has 0 aromatic heterocycles. The van der Waals surface area contributed by atoms with Crippen LogP contribution in [-0.2, 0) is 6.54 Å². The first kappa shape index (κ1) is 22.5. The molecule has 0 radical (unpaired) electrons. The largest absolute Gasteiger partial charge is 0.484 e. The smallest absolute Gasteiger partial charge is 0.422 e. The Kier molecular flexibility index (Phi) is 8.79. The molecule has 0 fully saturated rings. The fourth-order valence-corrected chi connectivity index (χ4v) is 2.67. The van der Waals surface area contributed by atoms with Crippen molar-refractivity contribution < 1.29 is 23.0 Å². The van der Waals surface area contributed by atoms with Gasteiger partial charge >= 0.3 is 6.18 Å². The van der Waals surface area contributed by atoms with E-state index >= 15 is 0 Å². The van der Waals surface area contributed by atoms with Crippen molar-refractivity contribution in [3.63, 3.8) is 0 Å². The molecule has 0 aliphatic heterocycles. The van der Waals surface area contributed by atoms with E-state index in [1.54, 1.807) is 18.2 Å². The zero-order chi connectivity index (χ0) is 21.1. The van der Waals surface area contributed by atoms with E-state index in [1.165, 1.54) is 6.07 Å². The van der Waals surface area contributed by atoms with E-state index in [9.17, 15) is 18.3 Å². The Labute approximate surface area is 168 Å². The lowest BCUT2D eigenvalue weighted by Crippen LogP contribution is -2.39. The fraction of sp³-hybridized carbons (Fsp3) is 0.381. The number of hydrogen-bond acceptors (Lipinski definition) is 3. The monoisotopic (exact) mass is 409 g/mol. The number of benzene rings is 2. The van der Waals surface area contributed by atoms with Gasteiger partial charge in [-0.05, 0) is 18.6 Å². The Morgan fingerprint density at radius 2 is 1.76 bits per heavy atom. The summed E-state index contributed by atoms with van der Waals surface area (Å²) in [6, 6.07) is 16.1. The molecular formula is C21H26F3N3O2. The number of halogens is 3. The van der Waals surface area contributed by atoms with Crippen LogP contribution < -0.4 is 15.4 Å². The molecule has 3 N–H and O–H groups in total. The van der Waals surface area contributed by atoms with Crippen LogP contribution in [0.2, 0.25) is 0 Å². The first-order valence-electron chi connectivity index (χ1n) is 9.38. The molecule has 0 aliphatic rings. The highest BCUT2D eigenvalue weighted by atomic mass is 19.4. The van der Waals surface area contributed by atoms with Crippen LogP contribution in [0, 0.1) is 0 Å². The molecule has 0 spiro atoms. The lowest BCUT2D eigenvalue weighted by Gasteiger charge is -2.18. The van der Waals surface area contributed by atoms with E-state index in [2.05, 4.69) is 15.6 Å². The molecule has 29 heavy (non-hydrogen) atoms. The second-order valence-corrected chi connectivity index (χ2v) is 6.38. The van der Waals surface area contributed by atoms with E-state index in [0.717, 1.165) is 5.56 Å². The van der Waals surface area contributed by atoms with Crippen LogP contribution >= 0.6 is 0 Å². The van der Waals surface area contributed by atoms with Gasteiger partial charge in [0.15, 0.2) is 12.6 Å². The predicted molar refractivity (Wildman–Crippen MR) is 107 cm³/mol. The van der Waals surface area contributed by atoms with Crippen LogP contribution in [0.3, 0.4) is 0 Å². The molecule has 8 heteroatoms. The van der Waals surface area contributed by atoms with Gasteiger partial charge in [-0.3, -0.25) is 0 Å². The number of rotatable bonds is 9. The van der Waals surface area contributed by atoms with Gasteiger partial charge in [-0.1, -0.05) is 48.5 Å². The summed E-state index contributed by atoms with van der Waals surface area (Å²) in [6.45, 7) is 1.77. The molecule has 2 aromatic rings. The summed E-state index contributed by atoms with van der Waals surface area (Å²) in [5.74, 6) is 0.553. The molecule has 158 valence electrons. The molecule has 0 aliphatic carbocycles. The van der Waals surface area contributed by atoms with E-state index in [0.29, 0.717) is 24.6 Å². The molecule has 2 aromatic carbocycles. The number of hydrogen-bond donors (Lipinski definition) is 3. The topological polar surface area (TPSA) is 65.9 Å². The summed E-state index contributed by atoms with van der Waals surface area (Å²) in [4.78, 5) is 4.44. The van der Waals surface area contributed by atoms with Gasteiger partial charge in [0, 0.05) is 24.6 Å². The number of guanidine groups is 1. The Morgan fingerprint density at radius 1 is 1.07 bits per heavy atom. The lowest BCUT2D eigenvalue weighted by atomic mass is 10.0. The summed E-state index contributed by atoms with van der Waals surface area (Å²) in [7, 11) is 0. The van der Waals surface area contributed by atoms with Gasteiger partial charge < -0.3 is 20.5 Å². The second kappa shape index (κ2) is 11.3. The minimum atomic E-state index is -4.40. The Balaban J connectivity index is 2.03. The SMILES string of the molecule is CCNC(=NCc1ccccc1OCC(F)(F)F)NCC(CO)c1ccccc1. The number of para-hydroxylation sites is 1. The number of ether oxygens (including phenoxy) is 1. The maximum atomic E-state index is 12.4. The van der Waals surface area contributed by atoms with Gasteiger partial charge in [0.25, 0.3) is 0 Å². The van der Waals surface area contributed by atoms with Crippen LogP contribution in [0.25, 0.3) is 0 Å².